The van der Waals surface area contributed by atoms with Crippen LogP contribution in [0.4, 0.5) is 5.82 Å². The molecule has 0 bridgehead atoms. The number of carbonyl (C=O) groups is 1. The predicted molar refractivity (Wildman–Crippen MR) is 168 cm³/mol. The first-order valence-electron chi connectivity index (χ1n) is 15.1. The number of anilines is 1. The van der Waals surface area contributed by atoms with Gasteiger partial charge in [0.25, 0.3) is 0 Å². The highest BCUT2D eigenvalue weighted by Crippen LogP contribution is 2.41. The lowest BCUT2D eigenvalue weighted by molar-refractivity contribution is -0.160. The van der Waals surface area contributed by atoms with E-state index in [0.29, 0.717) is 17.3 Å². The molecule has 1 atom stereocenters. The lowest BCUT2D eigenvalue weighted by Crippen LogP contribution is -2.50. The molecule has 226 valence electrons. The summed E-state index contributed by atoms with van der Waals surface area (Å²) >= 11 is 0. The average Bonchev–Trinajstić information content (AvgIpc) is 3.10. The molecule has 5 heterocycles. The van der Waals surface area contributed by atoms with E-state index in [-0.39, 0.29) is 0 Å². The van der Waals surface area contributed by atoms with Gasteiger partial charge in [-0.05, 0) is 57.9 Å². The monoisotopic (exact) mass is 583 g/mol. The third-order valence-corrected chi connectivity index (χ3v) is 8.46. The minimum absolute atomic E-state index is 0.546. The SMILES string of the molecule is Cc1nc2c(cc(-c3ccnc(N4CCCN(C5COC5)CC4)c3)n2C)c(-c2ccccc2)c1[C@H](OC(C)(C)C)C(=O)O. The molecule has 2 aliphatic heterocycles. The normalized spacial score (nSPS) is 17.6. The van der Waals surface area contributed by atoms with Crippen molar-refractivity contribution in [3.63, 3.8) is 0 Å². The number of pyridine rings is 2. The number of carboxylic acid groups (broad SMARTS) is 1. The van der Waals surface area contributed by atoms with Crippen molar-refractivity contribution in [1.82, 2.24) is 19.4 Å². The smallest absolute Gasteiger partial charge is 0.337 e. The molecule has 6 rings (SSSR count). The van der Waals surface area contributed by atoms with Crippen molar-refractivity contribution in [3.05, 3.63) is 66.0 Å². The maximum Gasteiger partial charge on any atom is 0.337 e. The Morgan fingerprint density at radius 1 is 1.05 bits per heavy atom. The van der Waals surface area contributed by atoms with E-state index < -0.39 is 17.7 Å². The molecule has 1 N–H and O–H groups in total. The summed E-state index contributed by atoms with van der Waals surface area (Å²) in [5, 5.41) is 11.2. The zero-order chi connectivity index (χ0) is 30.3. The second-order valence-electron chi connectivity index (χ2n) is 12.6. The molecule has 4 aromatic rings. The minimum atomic E-state index is -1.17. The van der Waals surface area contributed by atoms with Crippen molar-refractivity contribution in [1.29, 1.82) is 0 Å². The van der Waals surface area contributed by atoms with Crippen LogP contribution in [0.3, 0.4) is 0 Å². The van der Waals surface area contributed by atoms with E-state index in [1.165, 1.54) is 0 Å². The van der Waals surface area contributed by atoms with Crippen LogP contribution < -0.4 is 4.90 Å². The molecule has 0 spiro atoms. The molecule has 0 unspecified atom stereocenters. The number of rotatable bonds is 7. The second-order valence-corrected chi connectivity index (χ2v) is 12.6. The van der Waals surface area contributed by atoms with Crippen LogP contribution in [0.1, 0.15) is 44.6 Å². The lowest BCUT2D eigenvalue weighted by atomic mass is 9.92. The molecular weight excluding hydrogens is 542 g/mol. The van der Waals surface area contributed by atoms with Gasteiger partial charge in [-0.25, -0.2) is 14.8 Å². The zero-order valence-corrected chi connectivity index (χ0v) is 25.7. The summed E-state index contributed by atoms with van der Waals surface area (Å²) in [5.41, 5.74) is 5.14. The maximum absolute atomic E-state index is 12.7. The van der Waals surface area contributed by atoms with Gasteiger partial charge in [0.2, 0.25) is 0 Å². The van der Waals surface area contributed by atoms with Crippen LogP contribution in [0.5, 0.6) is 0 Å². The molecule has 2 aliphatic rings. The third-order valence-electron chi connectivity index (χ3n) is 8.46. The Morgan fingerprint density at radius 2 is 1.81 bits per heavy atom. The fourth-order valence-corrected chi connectivity index (χ4v) is 6.27. The van der Waals surface area contributed by atoms with E-state index in [2.05, 4.69) is 26.5 Å². The van der Waals surface area contributed by atoms with Gasteiger partial charge in [-0.2, -0.15) is 0 Å². The summed E-state index contributed by atoms with van der Waals surface area (Å²) in [6, 6.07) is 16.8. The van der Waals surface area contributed by atoms with Gasteiger partial charge in [-0.3, -0.25) is 4.90 Å². The number of carboxylic acids is 1. The first-order chi connectivity index (χ1) is 20.6. The molecular formula is C34H41N5O4. The van der Waals surface area contributed by atoms with E-state index in [4.69, 9.17) is 19.4 Å². The number of aliphatic carboxylic acids is 1. The van der Waals surface area contributed by atoms with E-state index in [1.807, 2.05) is 77.3 Å². The Kier molecular flexibility index (Phi) is 7.98. The molecule has 0 amide bonds. The van der Waals surface area contributed by atoms with Crippen molar-refractivity contribution in [2.45, 2.75) is 51.9 Å². The Labute approximate surface area is 253 Å². The highest BCUT2D eigenvalue weighted by molar-refractivity contribution is 6.00. The third kappa shape index (κ3) is 5.89. The van der Waals surface area contributed by atoms with Crippen molar-refractivity contribution in [3.8, 4) is 22.4 Å². The second kappa shape index (κ2) is 11.7. The predicted octanol–water partition coefficient (Wildman–Crippen LogP) is 5.46. The summed E-state index contributed by atoms with van der Waals surface area (Å²) in [5.74, 6) is -0.0702. The van der Waals surface area contributed by atoms with E-state index in [0.717, 1.165) is 85.0 Å². The fourth-order valence-electron chi connectivity index (χ4n) is 6.27. The van der Waals surface area contributed by atoms with Crippen LogP contribution in [0, 0.1) is 6.92 Å². The number of benzene rings is 1. The summed E-state index contributed by atoms with van der Waals surface area (Å²) in [6.07, 6.45) is 1.80. The Bertz CT molecular complexity index is 1620. The first-order valence-corrected chi connectivity index (χ1v) is 15.1. The average molecular weight is 584 g/mol. The molecule has 43 heavy (non-hydrogen) atoms. The van der Waals surface area contributed by atoms with Gasteiger partial charge in [-0.15, -0.1) is 0 Å². The topological polar surface area (TPSA) is 93.0 Å². The van der Waals surface area contributed by atoms with Crippen LogP contribution in [0.2, 0.25) is 0 Å². The highest BCUT2D eigenvalue weighted by Gasteiger charge is 2.33. The first kappa shape index (κ1) is 29.3. The summed E-state index contributed by atoms with van der Waals surface area (Å²) in [4.78, 5) is 27.3. The largest absolute Gasteiger partial charge is 0.479 e. The van der Waals surface area contributed by atoms with Gasteiger partial charge in [-0.1, -0.05) is 30.3 Å². The van der Waals surface area contributed by atoms with Gasteiger partial charge in [0.1, 0.15) is 11.5 Å². The standard InChI is InChI=1S/C34H41N5O4/c1-22-29(31(33(40)41)43-34(2,3)4)30(23-10-7-6-8-11-23)26-19-27(37(5)32(26)36-22)24-12-13-35-28(18-24)39-15-9-14-38(16-17-39)25-20-42-21-25/h6-8,10-13,18-19,25,31H,9,14-17,20-21H2,1-5H3,(H,40,41)/t31-/m0/s1. The zero-order valence-electron chi connectivity index (χ0n) is 25.7. The maximum atomic E-state index is 12.7. The number of fused-ring (bicyclic) bond motifs is 1. The van der Waals surface area contributed by atoms with Crippen LogP contribution >= 0.6 is 0 Å². The van der Waals surface area contributed by atoms with Crippen molar-refractivity contribution in [2.24, 2.45) is 7.05 Å². The molecule has 0 saturated carbocycles. The summed E-state index contributed by atoms with van der Waals surface area (Å²) in [6.45, 7) is 13.1. The Morgan fingerprint density at radius 3 is 2.49 bits per heavy atom. The molecule has 2 saturated heterocycles. The number of aromatic nitrogens is 3. The van der Waals surface area contributed by atoms with Gasteiger partial charge >= 0.3 is 5.97 Å². The van der Waals surface area contributed by atoms with Crippen molar-refractivity contribution in [2.75, 3.05) is 44.3 Å². The lowest BCUT2D eigenvalue weighted by Gasteiger charge is -2.36. The molecule has 1 aromatic carbocycles. The minimum Gasteiger partial charge on any atom is -0.479 e. The molecule has 0 aliphatic carbocycles. The van der Waals surface area contributed by atoms with Crippen LogP contribution in [-0.2, 0) is 21.3 Å². The molecule has 3 aromatic heterocycles. The fraction of sp³-hybridized carbons (Fsp3) is 0.441. The summed E-state index contributed by atoms with van der Waals surface area (Å²) in [7, 11) is 2.02. The van der Waals surface area contributed by atoms with E-state index >= 15 is 0 Å². The van der Waals surface area contributed by atoms with E-state index in [1.54, 1.807) is 0 Å². The molecule has 2 fully saturated rings. The van der Waals surface area contributed by atoms with Gasteiger partial charge in [0.15, 0.2) is 6.10 Å². The summed E-state index contributed by atoms with van der Waals surface area (Å²) < 4.78 is 13.7. The van der Waals surface area contributed by atoms with Gasteiger partial charge in [0, 0.05) is 67.2 Å². The Hall–Kier alpha value is -3.79. The quantitative estimate of drug-likeness (QED) is 0.307. The van der Waals surface area contributed by atoms with Crippen LogP contribution in [-0.4, -0.2) is 81.5 Å². The molecule has 0 radical (unpaired) electrons. The van der Waals surface area contributed by atoms with Crippen LogP contribution in [0.25, 0.3) is 33.4 Å². The van der Waals surface area contributed by atoms with Crippen molar-refractivity contribution >= 4 is 22.8 Å². The number of hydrogen-bond donors (Lipinski definition) is 1. The number of ether oxygens (including phenoxy) is 2. The number of hydrogen-bond acceptors (Lipinski definition) is 7. The highest BCUT2D eigenvalue weighted by atomic mass is 16.5. The molecule has 9 nitrogen and oxygen atoms in total. The van der Waals surface area contributed by atoms with Gasteiger partial charge in [0.05, 0.1) is 30.6 Å². The van der Waals surface area contributed by atoms with E-state index in [9.17, 15) is 9.90 Å². The molecule has 9 heteroatoms. The van der Waals surface area contributed by atoms with Crippen LogP contribution in [0.15, 0.2) is 54.7 Å². The van der Waals surface area contributed by atoms with Crippen molar-refractivity contribution < 1.29 is 19.4 Å². The Balaban J connectivity index is 1.44. The van der Waals surface area contributed by atoms with Gasteiger partial charge < -0.3 is 24.0 Å². The number of aryl methyl sites for hydroxylation is 2. The number of nitrogens with zero attached hydrogens (tertiary/aromatic N) is 5.